The summed E-state index contributed by atoms with van der Waals surface area (Å²) in [5.74, 6) is 0.250. The molecule has 0 radical (unpaired) electrons. The molecule has 0 saturated carbocycles. The van der Waals surface area contributed by atoms with Gasteiger partial charge in [-0.05, 0) is 24.6 Å². The molecule has 0 spiro atoms. The third-order valence-electron chi connectivity index (χ3n) is 2.99. The fraction of sp³-hybridized carbons (Fsp3) is 0.214. The highest BCUT2D eigenvalue weighted by Crippen LogP contribution is 2.31. The van der Waals surface area contributed by atoms with E-state index in [1.165, 1.54) is 7.11 Å². The topological polar surface area (TPSA) is 69.3 Å². The minimum atomic E-state index is -0.260. The Balaban J connectivity index is 2.32. The predicted molar refractivity (Wildman–Crippen MR) is 80.5 cm³/mol. The van der Waals surface area contributed by atoms with Crippen molar-refractivity contribution in [2.75, 3.05) is 18.2 Å². The second-order valence-electron chi connectivity index (χ2n) is 4.53. The van der Waals surface area contributed by atoms with Gasteiger partial charge in [-0.3, -0.25) is 4.79 Å². The van der Waals surface area contributed by atoms with Crippen molar-refractivity contribution in [3.63, 3.8) is 0 Å². The summed E-state index contributed by atoms with van der Waals surface area (Å²) >= 11 is 6.03. The monoisotopic (exact) mass is 293 g/mol. The first-order valence-electron chi connectivity index (χ1n) is 5.99. The maximum absolute atomic E-state index is 12.2. The summed E-state index contributed by atoms with van der Waals surface area (Å²) in [6.45, 7) is 1.86. The van der Waals surface area contributed by atoms with Gasteiger partial charge < -0.3 is 20.4 Å². The fourth-order valence-corrected chi connectivity index (χ4v) is 2.09. The van der Waals surface area contributed by atoms with Crippen LogP contribution in [0.3, 0.4) is 0 Å². The summed E-state index contributed by atoms with van der Waals surface area (Å²) in [4.78, 5) is 12.2. The Morgan fingerprint density at radius 3 is 2.65 bits per heavy atom. The summed E-state index contributed by atoms with van der Waals surface area (Å²) in [6.07, 6.45) is 1.68. The van der Waals surface area contributed by atoms with Gasteiger partial charge in [-0.2, -0.15) is 0 Å². The molecule has 1 aromatic carbocycles. The molecular formula is C14H16ClN3O2. The first-order valence-corrected chi connectivity index (χ1v) is 6.37. The summed E-state index contributed by atoms with van der Waals surface area (Å²) in [5.41, 5.74) is 8.10. The molecule has 2 rings (SSSR count). The van der Waals surface area contributed by atoms with Crippen molar-refractivity contribution < 1.29 is 9.53 Å². The molecule has 3 N–H and O–H groups in total. The van der Waals surface area contributed by atoms with Crippen LogP contribution in [0.4, 0.5) is 11.4 Å². The molecule has 1 aromatic heterocycles. The Morgan fingerprint density at radius 2 is 2.10 bits per heavy atom. The third kappa shape index (κ3) is 2.72. The number of carbonyl (C=O) groups excluding carboxylic acids is 1. The molecule has 20 heavy (non-hydrogen) atoms. The van der Waals surface area contributed by atoms with E-state index in [0.29, 0.717) is 27.8 Å². The number of hydrogen-bond acceptors (Lipinski definition) is 3. The molecule has 0 atom stereocenters. The SMILES string of the molecule is COc1cc(Cl)c(C)cc1NC(=O)c1cc(N)cn1C. The van der Waals surface area contributed by atoms with Crippen LogP contribution < -0.4 is 15.8 Å². The average Bonchev–Trinajstić information content (AvgIpc) is 2.72. The van der Waals surface area contributed by atoms with Crippen LogP contribution in [0.15, 0.2) is 24.4 Å². The molecule has 1 heterocycles. The number of methoxy groups -OCH3 is 1. The lowest BCUT2D eigenvalue weighted by Crippen LogP contribution is -2.16. The van der Waals surface area contributed by atoms with E-state index in [1.54, 1.807) is 36.0 Å². The number of nitrogens with zero attached hydrogens (tertiary/aromatic N) is 1. The van der Waals surface area contributed by atoms with Gasteiger partial charge >= 0.3 is 0 Å². The second-order valence-corrected chi connectivity index (χ2v) is 4.93. The van der Waals surface area contributed by atoms with E-state index in [-0.39, 0.29) is 5.91 Å². The van der Waals surface area contributed by atoms with Gasteiger partial charge in [0, 0.05) is 24.3 Å². The van der Waals surface area contributed by atoms with Crippen LogP contribution in [-0.2, 0) is 7.05 Å². The van der Waals surface area contributed by atoms with Crippen LogP contribution in [0, 0.1) is 6.92 Å². The molecule has 0 fully saturated rings. The van der Waals surface area contributed by atoms with E-state index in [9.17, 15) is 4.79 Å². The van der Waals surface area contributed by atoms with Crippen molar-refractivity contribution in [2.45, 2.75) is 6.92 Å². The average molecular weight is 294 g/mol. The van der Waals surface area contributed by atoms with Gasteiger partial charge in [-0.15, -0.1) is 0 Å². The van der Waals surface area contributed by atoms with E-state index < -0.39 is 0 Å². The van der Waals surface area contributed by atoms with Crippen LogP contribution in [0.25, 0.3) is 0 Å². The molecule has 0 aliphatic heterocycles. The van der Waals surface area contributed by atoms with Gasteiger partial charge in [0.15, 0.2) is 0 Å². The second kappa shape index (κ2) is 5.46. The van der Waals surface area contributed by atoms with E-state index in [4.69, 9.17) is 22.1 Å². The minimum absolute atomic E-state index is 0.260. The van der Waals surface area contributed by atoms with Crippen LogP contribution in [0.1, 0.15) is 16.1 Å². The van der Waals surface area contributed by atoms with E-state index in [1.807, 2.05) is 6.92 Å². The Hall–Kier alpha value is -2.14. The number of aromatic nitrogens is 1. The molecule has 106 valence electrons. The third-order valence-corrected chi connectivity index (χ3v) is 3.39. The van der Waals surface area contributed by atoms with Gasteiger partial charge in [0.25, 0.3) is 5.91 Å². The Kier molecular flexibility index (Phi) is 3.90. The van der Waals surface area contributed by atoms with Crippen LogP contribution >= 0.6 is 11.6 Å². The predicted octanol–water partition coefficient (Wildman–Crippen LogP) is 2.83. The first-order chi connectivity index (χ1) is 9.42. The van der Waals surface area contributed by atoms with Gasteiger partial charge in [0.2, 0.25) is 0 Å². The molecular weight excluding hydrogens is 278 g/mol. The highest BCUT2D eigenvalue weighted by molar-refractivity contribution is 6.31. The zero-order chi connectivity index (χ0) is 14.9. The molecule has 0 aliphatic carbocycles. The summed E-state index contributed by atoms with van der Waals surface area (Å²) < 4.78 is 6.89. The molecule has 0 bridgehead atoms. The van der Waals surface area contributed by atoms with Gasteiger partial charge in [0.05, 0.1) is 18.5 Å². The largest absolute Gasteiger partial charge is 0.495 e. The normalized spacial score (nSPS) is 10.4. The quantitative estimate of drug-likeness (QED) is 0.914. The fourth-order valence-electron chi connectivity index (χ4n) is 1.93. The van der Waals surface area contributed by atoms with Gasteiger partial charge in [-0.25, -0.2) is 0 Å². The maximum Gasteiger partial charge on any atom is 0.272 e. The van der Waals surface area contributed by atoms with Crippen molar-refractivity contribution in [1.82, 2.24) is 4.57 Å². The smallest absolute Gasteiger partial charge is 0.272 e. The lowest BCUT2D eigenvalue weighted by atomic mass is 10.2. The lowest BCUT2D eigenvalue weighted by molar-refractivity contribution is 0.101. The number of hydrogen-bond donors (Lipinski definition) is 2. The maximum atomic E-state index is 12.2. The summed E-state index contributed by atoms with van der Waals surface area (Å²) in [7, 11) is 3.28. The number of anilines is 2. The molecule has 6 heteroatoms. The lowest BCUT2D eigenvalue weighted by Gasteiger charge is -2.12. The molecule has 0 unspecified atom stereocenters. The molecule has 1 amide bonds. The highest BCUT2D eigenvalue weighted by atomic mass is 35.5. The van der Waals surface area contributed by atoms with Crippen LogP contribution in [0.2, 0.25) is 5.02 Å². The van der Waals surface area contributed by atoms with Crippen molar-refractivity contribution in [3.8, 4) is 5.75 Å². The minimum Gasteiger partial charge on any atom is -0.495 e. The number of nitrogens with two attached hydrogens (primary N) is 1. The van der Waals surface area contributed by atoms with Crippen molar-refractivity contribution in [3.05, 3.63) is 40.7 Å². The van der Waals surface area contributed by atoms with Gasteiger partial charge in [0.1, 0.15) is 11.4 Å². The Labute approximate surface area is 122 Å². The van der Waals surface area contributed by atoms with Crippen molar-refractivity contribution in [1.29, 1.82) is 0 Å². The number of ether oxygens (including phenoxy) is 1. The molecule has 0 saturated heterocycles. The number of amides is 1. The zero-order valence-corrected chi connectivity index (χ0v) is 12.3. The van der Waals surface area contributed by atoms with E-state index >= 15 is 0 Å². The number of nitrogens with one attached hydrogen (secondary N) is 1. The van der Waals surface area contributed by atoms with Gasteiger partial charge in [-0.1, -0.05) is 11.6 Å². The zero-order valence-electron chi connectivity index (χ0n) is 11.5. The molecule has 5 nitrogen and oxygen atoms in total. The van der Waals surface area contributed by atoms with Crippen LogP contribution in [-0.4, -0.2) is 17.6 Å². The number of aryl methyl sites for hydroxylation is 2. The van der Waals surface area contributed by atoms with E-state index in [2.05, 4.69) is 5.32 Å². The Bertz CT molecular complexity index is 665. The molecule has 0 aliphatic rings. The highest BCUT2D eigenvalue weighted by Gasteiger charge is 2.14. The number of benzene rings is 1. The summed E-state index contributed by atoms with van der Waals surface area (Å²) in [5, 5.41) is 3.39. The number of halogens is 1. The standard InChI is InChI=1S/C14H16ClN3O2/c1-8-4-11(13(20-3)6-10(8)15)17-14(19)12-5-9(16)7-18(12)2/h4-7H,16H2,1-3H3,(H,17,19). The number of carbonyl (C=O) groups is 1. The Morgan fingerprint density at radius 1 is 1.40 bits per heavy atom. The number of nitrogen functional groups attached to an aromatic ring is 1. The van der Waals surface area contributed by atoms with Crippen molar-refractivity contribution in [2.24, 2.45) is 7.05 Å². The van der Waals surface area contributed by atoms with Crippen molar-refractivity contribution >= 4 is 28.9 Å². The van der Waals surface area contributed by atoms with E-state index in [0.717, 1.165) is 5.56 Å². The first kappa shape index (κ1) is 14.3. The molecule has 2 aromatic rings. The van der Waals surface area contributed by atoms with Crippen LogP contribution in [0.5, 0.6) is 5.75 Å². The number of rotatable bonds is 3. The summed E-state index contributed by atoms with van der Waals surface area (Å²) in [6, 6.07) is 5.06.